The number of allylic oxidation sites excluding steroid dienone is 1. The summed E-state index contributed by atoms with van der Waals surface area (Å²) in [7, 11) is 1.24. The van der Waals surface area contributed by atoms with E-state index < -0.39 is 20.0 Å². The Bertz CT molecular complexity index is 565. The minimum Gasteiger partial charge on any atom is -0.756 e. The van der Waals surface area contributed by atoms with Crippen LogP contribution < -0.4 is 10.2 Å². The number of likely N-dealkylation sites (N-methyl/N-ethyl adjacent to an activating group) is 1. The van der Waals surface area contributed by atoms with Crippen molar-refractivity contribution in [2.45, 2.75) is 90.2 Å². The van der Waals surface area contributed by atoms with E-state index in [0.717, 1.165) is 19.3 Å². The molecule has 0 spiro atoms. The van der Waals surface area contributed by atoms with Crippen LogP contribution in [0.4, 0.5) is 0 Å². The molecule has 32 heavy (non-hydrogen) atoms. The first-order valence-electron chi connectivity index (χ1n) is 12.1. The number of nitrogens with one attached hydrogen (secondary N) is 1. The Balaban J connectivity index is 4.44. The molecule has 0 rings (SSSR count). The van der Waals surface area contributed by atoms with Gasteiger partial charge in [0.1, 0.15) is 13.2 Å². The van der Waals surface area contributed by atoms with Crippen molar-refractivity contribution in [3.8, 4) is 0 Å². The Morgan fingerprint density at radius 3 is 2.22 bits per heavy atom. The number of carbonyl (C=O) groups is 1. The molecule has 8 nitrogen and oxygen atoms in total. The van der Waals surface area contributed by atoms with Gasteiger partial charge in [0.25, 0.3) is 7.82 Å². The second-order valence-corrected chi connectivity index (χ2v) is 10.7. The van der Waals surface area contributed by atoms with Crippen molar-refractivity contribution in [2.24, 2.45) is 0 Å². The molecule has 3 unspecified atom stereocenters. The summed E-state index contributed by atoms with van der Waals surface area (Å²) in [5, 5.41) is 13.1. The lowest BCUT2D eigenvalue weighted by Crippen LogP contribution is -2.45. The minimum atomic E-state index is -4.53. The van der Waals surface area contributed by atoms with E-state index in [-0.39, 0.29) is 25.5 Å². The molecular weight excluding hydrogens is 431 g/mol. The first-order chi connectivity index (χ1) is 15.0. The van der Waals surface area contributed by atoms with E-state index >= 15 is 0 Å². The second-order valence-electron chi connectivity index (χ2n) is 9.30. The lowest BCUT2D eigenvalue weighted by molar-refractivity contribution is -0.870. The van der Waals surface area contributed by atoms with E-state index in [2.05, 4.69) is 12.2 Å². The third kappa shape index (κ3) is 18.8. The Morgan fingerprint density at radius 2 is 1.66 bits per heavy atom. The molecule has 0 radical (unpaired) electrons. The summed E-state index contributed by atoms with van der Waals surface area (Å²) >= 11 is 0. The number of phosphoric acid groups is 1. The quantitative estimate of drug-likeness (QED) is 0.120. The Kier molecular flexibility index (Phi) is 17.3. The van der Waals surface area contributed by atoms with Crippen molar-refractivity contribution in [1.29, 1.82) is 0 Å². The van der Waals surface area contributed by atoms with Gasteiger partial charge in [0.05, 0.1) is 39.9 Å². The van der Waals surface area contributed by atoms with Crippen LogP contribution in [0.15, 0.2) is 12.2 Å². The average molecular weight is 479 g/mol. The number of aliphatic hydroxyl groups excluding tert-OH is 1. The largest absolute Gasteiger partial charge is 0.756 e. The van der Waals surface area contributed by atoms with Crippen molar-refractivity contribution in [3.05, 3.63) is 12.2 Å². The van der Waals surface area contributed by atoms with Crippen LogP contribution in [-0.2, 0) is 18.4 Å². The normalized spacial score (nSPS) is 16.1. The standard InChI is InChI=1S/C23H47N2O6P/c1-6-8-9-10-11-12-13-14-15-16-17-22(26)21(24-23(27)7-2)20-31-32(28,29)30-19-18-25(3,4)5/h16-17,21-22,26H,6-15,18-20H2,1-5H3,(H-,24,27,28,29)/b17-16+. The first kappa shape index (κ1) is 31.2. The Hall–Kier alpha value is -0.760. The van der Waals surface area contributed by atoms with Gasteiger partial charge in [-0.2, -0.15) is 0 Å². The van der Waals surface area contributed by atoms with Crippen LogP contribution in [0.1, 0.15) is 78.1 Å². The van der Waals surface area contributed by atoms with E-state index in [1.54, 1.807) is 13.0 Å². The summed E-state index contributed by atoms with van der Waals surface area (Å²) < 4.78 is 22.4. The summed E-state index contributed by atoms with van der Waals surface area (Å²) in [6, 6.07) is -0.874. The number of amides is 1. The molecule has 0 aromatic heterocycles. The summed E-state index contributed by atoms with van der Waals surface area (Å²) in [5.41, 5.74) is 0. The van der Waals surface area contributed by atoms with Crippen molar-refractivity contribution < 1.29 is 32.9 Å². The third-order valence-corrected chi connectivity index (χ3v) is 6.03. The summed E-state index contributed by atoms with van der Waals surface area (Å²) in [4.78, 5) is 23.8. The Labute approximate surface area is 195 Å². The van der Waals surface area contributed by atoms with Crippen LogP contribution in [0.5, 0.6) is 0 Å². The predicted molar refractivity (Wildman–Crippen MR) is 127 cm³/mol. The minimum absolute atomic E-state index is 0.00265. The molecule has 190 valence electrons. The van der Waals surface area contributed by atoms with Gasteiger partial charge in [-0.1, -0.05) is 70.9 Å². The highest BCUT2D eigenvalue weighted by Crippen LogP contribution is 2.38. The van der Waals surface area contributed by atoms with Crippen LogP contribution in [0.25, 0.3) is 0 Å². The smallest absolute Gasteiger partial charge is 0.268 e. The molecule has 0 aliphatic heterocycles. The van der Waals surface area contributed by atoms with Gasteiger partial charge >= 0.3 is 0 Å². The van der Waals surface area contributed by atoms with Crippen molar-refractivity contribution in [3.63, 3.8) is 0 Å². The fourth-order valence-corrected chi connectivity index (χ4v) is 3.66. The maximum absolute atomic E-state index is 12.0. The maximum Gasteiger partial charge on any atom is 0.268 e. The van der Waals surface area contributed by atoms with Crippen LogP contribution >= 0.6 is 7.82 Å². The lowest BCUT2D eigenvalue weighted by Gasteiger charge is -2.29. The number of carbonyl (C=O) groups excluding carboxylic acids is 1. The number of aliphatic hydroxyl groups is 1. The van der Waals surface area contributed by atoms with E-state index in [0.29, 0.717) is 11.0 Å². The molecule has 0 aromatic carbocycles. The van der Waals surface area contributed by atoms with E-state index in [1.807, 2.05) is 27.2 Å². The van der Waals surface area contributed by atoms with Gasteiger partial charge in [0.15, 0.2) is 0 Å². The maximum atomic E-state index is 12.0. The molecular formula is C23H47N2O6P. The molecule has 9 heteroatoms. The highest BCUT2D eigenvalue weighted by molar-refractivity contribution is 7.45. The lowest BCUT2D eigenvalue weighted by atomic mass is 10.1. The number of phosphoric ester groups is 1. The molecule has 0 fully saturated rings. The van der Waals surface area contributed by atoms with Gasteiger partial charge in [0.2, 0.25) is 5.91 Å². The van der Waals surface area contributed by atoms with E-state index in [1.165, 1.54) is 38.5 Å². The van der Waals surface area contributed by atoms with Gasteiger partial charge in [-0.25, -0.2) is 0 Å². The molecule has 0 saturated carbocycles. The van der Waals surface area contributed by atoms with Crippen LogP contribution in [0, 0.1) is 0 Å². The zero-order chi connectivity index (χ0) is 24.5. The molecule has 1 amide bonds. The second kappa shape index (κ2) is 17.7. The summed E-state index contributed by atoms with van der Waals surface area (Å²) in [5.74, 6) is -0.291. The molecule has 3 atom stereocenters. The van der Waals surface area contributed by atoms with Gasteiger partial charge in [-0.05, 0) is 12.8 Å². The number of rotatable bonds is 20. The molecule has 0 heterocycles. The molecule has 0 bridgehead atoms. The zero-order valence-corrected chi connectivity index (χ0v) is 21.8. The monoisotopic (exact) mass is 478 g/mol. The summed E-state index contributed by atoms with van der Waals surface area (Å²) in [6.07, 6.45) is 13.3. The molecule has 0 aromatic rings. The topological polar surface area (TPSA) is 108 Å². The third-order valence-electron chi connectivity index (χ3n) is 5.06. The number of hydrogen-bond acceptors (Lipinski definition) is 6. The SMILES string of the molecule is CCCCCCCCCC/C=C/C(O)C(COP(=O)([O-])OCC[N+](C)(C)C)NC(=O)CC. The van der Waals surface area contributed by atoms with E-state index in [4.69, 9.17) is 9.05 Å². The fraction of sp³-hybridized carbons (Fsp3) is 0.870. The highest BCUT2D eigenvalue weighted by atomic mass is 31.2. The number of hydrogen-bond donors (Lipinski definition) is 2. The molecule has 2 N–H and O–H groups in total. The Morgan fingerprint density at radius 1 is 1.06 bits per heavy atom. The van der Waals surface area contributed by atoms with Crippen molar-refractivity contribution >= 4 is 13.7 Å². The summed E-state index contributed by atoms with van der Waals surface area (Å²) in [6.45, 7) is 4.00. The highest BCUT2D eigenvalue weighted by Gasteiger charge is 2.22. The van der Waals surface area contributed by atoms with Crippen LogP contribution in [0.3, 0.4) is 0 Å². The fourth-order valence-electron chi connectivity index (χ4n) is 2.94. The van der Waals surface area contributed by atoms with Crippen molar-refractivity contribution in [1.82, 2.24) is 5.32 Å². The molecule has 0 aliphatic rings. The zero-order valence-electron chi connectivity index (χ0n) is 20.9. The van der Waals surface area contributed by atoms with Gasteiger partial charge in [0, 0.05) is 6.42 Å². The predicted octanol–water partition coefficient (Wildman–Crippen LogP) is 3.54. The van der Waals surface area contributed by atoms with Crippen LogP contribution in [0.2, 0.25) is 0 Å². The van der Waals surface area contributed by atoms with E-state index in [9.17, 15) is 19.4 Å². The average Bonchev–Trinajstić information content (AvgIpc) is 2.70. The van der Waals surface area contributed by atoms with Gasteiger partial charge in [-0.3, -0.25) is 9.36 Å². The first-order valence-corrected chi connectivity index (χ1v) is 13.5. The molecule has 0 aliphatic carbocycles. The number of unbranched alkanes of at least 4 members (excludes halogenated alkanes) is 8. The van der Waals surface area contributed by atoms with Gasteiger partial charge < -0.3 is 28.8 Å². The number of nitrogens with zero attached hydrogens (tertiary/aromatic N) is 1. The van der Waals surface area contributed by atoms with Gasteiger partial charge in [-0.15, -0.1) is 0 Å². The van der Waals surface area contributed by atoms with Crippen molar-refractivity contribution in [2.75, 3.05) is 40.9 Å². The molecule has 0 saturated heterocycles. The van der Waals surface area contributed by atoms with Crippen LogP contribution in [-0.4, -0.2) is 68.5 Å². The number of quaternary nitrogens is 1.